The molecule has 1 aromatic heterocycles. The molecule has 0 bridgehead atoms. The van der Waals surface area contributed by atoms with Crippen LogP contribution < -0.4 is 5.32 Å². The number of halogens is 1. The molecule has 0 radical (unpaired) electrons. The van der Waals surface area contributed by atoms with Gasteiger partial charge in [-0.25, -0.2) is 9.78 Å². The van der Waals surface area contributed by atoms with Gasteiger partial charge in [-0.2, -0.15) is 0 Å². The highest BCUT2D eigenvalue weighted by molar-refractivity contribution is 6.30. The molecule has 0 unspecified atom stereocenters. The molecule has 1 amide bonds. The number of hydrogen-bond acceptors (Lipinski definition) is 4. The highest BCUT2D eigenvalue weighted by Crippen LogP contribution is 2.16. The average Bonchev–Trinajstić information content (AvgIpc) is 2.66. The van der Waals surface area contributed by atoms with E-state index in [2.05, 4.69) is 10.3 Å². The summed E-state index contributed by atoms with van der Waals surface area (Å²) in [5.74, 6) is -1.02. The maximum Gasteiger partial charge on any atom is 0.357 e. The van der Waals surface area contributed by atoms with Crippen molar-refractivity contribution in [1.82, 2.24) is 10.3 Å². The first-order valence-electron chi connectivity index (χ1n) is 8.10. The molecule has 0 aliphatic heterocycles. The Morgan fingerprint density at radius 2 is 1.81 bits per heavy atom. The molecule has 0 aliphatic carbocycles. The number of carbonyl (C=O) groups is 2. The van der Waals surface area contributed by atoms with Gasteiger partial charge in [-0.3, -0.25) is 4.79 Å². The quantitative estimate of drug-likeness (QED) is 0.693. The van der Waals surface area contributed by atoms with Gasteiger partial charge in [-0.05, 0) is 36.8 Å². The topological polar surface area (TPSA) is 68.3 Å². The van der Waals surface area contributed by atoms with E-state index in [1.54, 1.807) is 24.3 Å². The number of para-hydroxylation sites is 1. The van der Waals surface area contributed by atoms with Crippen molar-refractivity contribution in [3.8, 4) is 0 Å². The van der Waals surface area contributed by atoms with Crippen LogP contribution in [0.4, 0.5) is 0 Å². The van der Waals surface area contributed by atoms with Crippen molar-refractivity contribution >= 4 is 34.4 Å². The summed E-state index contributed by atoms with van der Waals surface area (Å²) in [7, 11) is 0. The molecule has 1 N–H and O–H groups in total. The van der Waals surface area contributed by atoms with Crippen LogP contribution in [-0.2, 0) is 9.53 Å². The van der Waals surface area contributed by atoms with Crippen LogP contribution in [0.15, 0.2) is 60.7 Å². The van der Waals surface area contributed by atoms with Crippen molar-refractivity contribution < 1.29 is 14.3 Å². The Balaban J connectivity index is 1.56. The van der Waals surface area contributed by atoms with E-state index in [0.717, 1.165) is 10.9 Å². The van der Waals surface area contributed by atoms with Crippen LogP contribution >= 0.6 is 11.6 Å². The summed E-state index contributed by atoms with van der Waals surface area (Å²) in [5.41, 5.74) is 1.77. The lowest BCUT2D eigenvalue weighted by atomic mass is 10.1. The number of aromatic nitrogens is 1. The number of hydrogen-bond donors (Lipinski definition) is 1. The van der Waals surface area contributed by atoms with Crippen LogP contribution in [-0.4, -0.2) is 23.5 Å². The van der Waals surface area contributed by atoms with E-state index in [9.17, 15) is 9.59 Å². The van der Waals surface area contributed by atoms with Crippen molar-refractivity contribution in [3.63, 3.8) is 0 Å². The Bertz CT molecular complexity index is 941. The molecule has 1 atom stereocenters. The van der Waals surface area contributed by atoms with E-state index < -0.39 is 5.97 Å². The molecular weight excluding hydrogens is 352 g/mol. The second-order valence-electron chi connectivity index (χ2n) is 5.81. The lowest BCUT2D eigenvalue weighted by molar-refractivity contribution is -0.124. The van der Waals surface area contributed by atoms with E-state index in [0.29, 0.717) is 10.5 Å². The number of carbonyl (C=O) groups excluding carboxylic acids is 2. The number of nitrogens with one attached hydrogen (secondary N) is 1. The van der Waals surface area contributed by atoms with Crippen LogP contribution in [0.5, 0.6) is 0 Å². The first kappa shape index (κ1) is 17.9. The first-order chi connectivity index (χ1) is 12.5. The minimum atomic E-state index is -0.634. The Morgan fingerprint density at radius 1 is 1.08 bits per heavy atom. The monoisotopic (exact) mass is 368 g/mol. The predicted octanol–water partition coefficient (Wildman–Crippen LogP) is 3.92. The van der Waals surface area contributed by atoms with Gasteiger partial charge in [0.25, 0.3) is 5.91 Å². The SMILES string of the molecule is C[C@@H](NC(=O)COC(=O)c1ccc2ccccc2n1)c1ccc(Cl)cc1. The zero-order valence-corrected chi connectivity index (χ0v) is 14.9. The third-order valence-corrected chi connectivity index (χ3v) is 4.14. The summed E-state index contributed by atoms with van der Waals surface area (Å²) in [6, 6.07) is 17.8. The van der Waals surface area contributed by atoms with Crippen LogP contribution in [0.25, 0.3) is 10.9 Å². The van der Waals surface area contributed by atoms with Crippen LogP contribution in [0.3, 0.4) is 0 Å². The summed E-state index contributed by atoms with van der Waals surface area (Å²) in [6.45, 7) is 1.47. The predicted molar refractivity (Wildman–Crippen MR) is 100 cm³/mol. The van der Waals surface area contributed by atoms with E-state index >= 15 is 0 Å². The van der Waals surface area contributed by atoms with E-state index in [1.807, 2.05) is 43.3 Å². The summed E-state index contributed by atoms with van der Waals surface area (Å²) in [6.07, 6.45) is 0. The second kappa shape index (κ2) is 7.97. The normalized spacial score (nSPS) is 11.8. The molecule has 5 nitrogen and oxygen atoms in total. The molecule has 26 heavy (non-hydrogen) atoms. The largest absolute Gasteiger partial charge is 0.451 e. The van der Waals surface area contributed by atoms with Gasteiger partial charge in [0.15, 0.2) is 6.61 Å². The fraction of sp³-hybridized carbons (Fsp3) is 0.150. The molecule has 0 fully saturated rings. The van der Waals surface area contributed by atoms with Crippen molar-refractivity contribution in [3.05, 3.63) is 76.9 Å². The van der Waals surface area contributed by atoms with Gasteiger partial charge in [-0.1, -0.05) is 48.0 Å². The third-order valence-electron chi connectivity index (χ3n) is 3.89. The number of benzene rings is 2. The number of amides is 1. The highest BCUT2D eigenvalue weighted by atomic mass is 35.5. The number of rotatable bonds is 5. The zero-order valence-electron chi connectivity index (χ0n) is 14.1. The number of nitrogens with zero attached hydrogens (tertiary/aromatic N) is 1. The number of esters is 1. The molecule has 3 rings (SSSR count). The molecule has 0 aliphatic rings. The molecule has 2 aromatic carbocycles. The van der Waals surface area contributed by atoms with Crippen molar-refractivity contribution in [2.24, 2.45) is 0 Å². The maximum absolute atomic E-state index is 12.1. The molecule has 1 heterocycles. The van der Waals surface area contributed by atoms with Gasteiger partial charge < -0.3 is 10.1 Å². The Hall–Kier alpha value is -2.92. The molecular formula is C20H17ClN2O3. The average molecular weight is 369 g/mol. The van der Waals surface area contributed by atoms with Gasteiger partial charge in [0, 0.05) is 10.4 Å². The minimum absolute atomic E-state index is 0.169. The molecule has 0 saturated carbocycles. The van der Waals surface area contributed by atoms with E-state index in [-0.39, 0.29) is 24.2 Å². The maximum atomic E-state index is 12.1. The van der Waals surface area contributed by atoms with E-state index in [4.69, 9.17) is 16.3 Å². The van der Waals surface area contributed by atoms with Gasteiger partial charge in [0.1, 0.15) is 5.69 Å². The van der Waals surface area contributed by atoms with Crippen LogP contribution in [0.2, 0.25) is 5.02 Å². The Kier molecular flexibility index (Phi) is 5.49. The Labute approximate surface area is 156 Å². The summed E-state index contributed by atoms with van der Waals surface area (Å²) < 4.78 is 5.06. The van der Waals surface area contributed by atoms with Crippen LogP contribution in [0.1, 0.15) is 29.0 Å². The minimum Gasteiger partial charge on any atom is -0.451 e. The van der Waals surface area contributed by atoms with Crippen molar-refractivity contribution in [2.75, 3.05) is 6.61 Å². The van der Waals surface area contributed by atoms with Crippen LogP contribution in [0, 0.1) is 0 Å². The lowest BCUT2D eigenvalue weighted by Crippen LogP contribution is -2.31. The summed E-state index contributed by atoms with van der Waals surface area (Å²) in [4.78, 5) is 28.4. The van der Waals surface area contributed by atoms with Gasteiger partial charge in [0.05, 0.1) is 11.6 Å². The molecule has 6 heteroatoms. The lowest BCUT2D eigenvalue weighted by Gasteiger charge is -2.14. The molecule has 0 saturated heterocycles. The summed E-state index contributed by atoms with van der Waals surface area (Å²) >= 11 is 5.85. The summed E-state index contributed by atoms with van der Waals surface area (Å²) in [5, 5.41) is 4.33. The number of fused-ring (bicyclic) bond motifs is 1. The smallest absolute Gasteiger partial charge is 0.357 e. The van der Waals surface area contributed by atoms with Gasteiger partial charge in [-0.15, -0.1) is 0 Å². The Morgan fingerprint density at radius 3 is 2.58 bits per heavy atom. The number of pyridine rings is 1. The fourth-order valence-corrected chi connectivity index (χ4v) is 2.63. The standard InChI is InChI=1S/C20H17ClN2O3/c1-13(14-6-9-16(21)10-7-14)22-19(24)12-26-20(25)18-11-8-15-4-2-3-5-17(15)23-18/h2-11,13H,12H2,1H3,(H,22,24)/t13-/m1/s1. The fourth-order valence-electron chi connectivity index (χ4n) is 2.50. The van der Waals surface area contributed by atoms with Crippen molar-refractivity contribution in [2.45, 2.75) is 13.0 Å². The van der Waals surface area contributed by atoms with Gasteiger partial charge >= 0.3 is 5.97 Å². The molecule has 0 spiro atoms. The third kappa shape index (κ3) is 4.37. The van der Waals surface area contributed by atoms with E-state index in [1.165, 1.54) is 0 Å². The number of ether oxygens (including phenoxy) is 1. The molecule has 132 valence electrons. The van der Waals surface area contributed by atoms with Crippen molar-refractivity contribution in [1.29, 1.82) is 0 Å². The second-order valence-corrected chi connectivity index (χ2v) is 6.24. The van der Waals surface area contributed by atoms with Gasteiger partial charge in [0.2, 0.25) is 0 Å². The highest BCUT2D eigenvalue weighted by Gasteiger charge is 2.14. The zero-order chi connectivity index (χ0) is 18.5. The molecule has 3 aromatic rings. The first-order valence-corrected chi connectivity index (χ1v) is 8.48.